The summed E-state index contributed by atoms with van der Waals surface area (Å²) in [7, 11) is 1.58. The maximum atomic E-state index is 13.8. The molecule has 5 nitrogen and oxygen atoms in total. The van der Waals surface area contributed by atoms with Crippen molar-refractivity contribution in [2.75, 3.05) is 24.3 Å². The third-order valence-corrected chi connectivity index (χ3v) is 6.81. The highest BCUT2D eigenvalue weighted by Gasteiger charge is 2.59. The first kappa shape index (κ1) is 19.8. The summed E-state index contributed by atoms with van der Waals surface area (Å²) < 4.78 is 19.1. The average Bonchev–Trinajstić information content (AvgIpc) is 3.24. The molecular weight excluding hydrogens is 391 g/mol. The van der Waals surface area contributed by atoms with Crippen molar-refractivity contribution >= 4 is 29.3 Å². The lowest BCUT2D eigenvalue weighted by atomic mass is 10.0. The van der Waals surface area contributed by atoms with Gasteiger partial charge in [-0.1, -0.05) is 26.0 Å². The smallest absolute Gasteiger partial charge is 0.268 e. The van der Waals surface area contributed by atoms with Crippen molar-refractivity contribution in [2.45, 2.75) is 25.3 Å². The Morgan fingerprint density at radius 1 is 1.28 bits per heavy atom. The number of methoxy groups -OCH3 is 1. The van der Waals surface area contributed by atoms with Crippen LogP contribution in [0.25, 0.3) is 0 Å². The fourth-order valence-electron chi connectivity index (χ4n) is 4.03. The molecule has 29 heavy (non-hydrogen) atoms. The number of carbonyl (C=O) groups is 2. The summed E-state index contributed by atoms with van der Waals surface area (Å²) in [5.41, 5.74) is 2.19. The van der Waals surface area contributed by atoms with Gasteiger partial charge in [-0.3, -0.25) is 9.59 Å². The summed E-state index contributed by atoms with van der Waals surface area (Å²) in [5, 5.41) is 0. The molecule has 1 atom stereocenters. The number of amides is 2. The molecule has 1 unspecified atom stereocenters. The average molecular weight is 415 g/mol. The Morgan fingerprint density at radius 2 is 2.07 bits per heavy atom. The molecule has 4 rings (SSSR count). The molecule has 0 aliphatic carbocycles. The Bertz CT molecular complexity index is 980. The van der Waals surface area contributed by atoms with Gasteiger partial charge in [-0.2, -0.15) is 0 Å². The van der Waals surface area contributed by atoms with Crippen LogP contribution < -0.4 is 9.64 Å². The van der Waals surface area contributed by atoms with Crippen LogP contribution in [0.2, 0.25) is 0 Å². The fraction of sp³-hybridized carbons (Fsp3) is 0.364. The van der Waals surface area contributed by atoms with Crippen LogP contribution in [-0.2, 0) is 21.0 Å². The summed E-state index contributed by atoms with van der Waals surface area (Å²) in [5.74, 6) is 0.531. The number of halogens is 1. The minimum atomic E-state index is -1.10. The highest BCUT2D eigenvalue weighted by molar-refractivity contribution is 8.01. The largest absolute Gasteiger partial charge is 0.497 e. The minimum absolute atomic E-state index is 0.0512. The Kier molecular flexibility index (Phi) is 5.02. The Hall–Kier alpha value is -2.54. The molecule has 0 radical (unpaired) electrons. The summed E-state index contributed by atoms with van der Waals surface area (Å²) in [6.07, 6.45) is 0. The number of nitrogens with zero attached hydrogens (tertiary/aromatic N) is 2. The van der Waals surface area contributed by atoms with E-state index < -0.39 is 4.87 Å². The molecule has 1 saturated heterocycles. The lowest BCUT2D eigenvalue weighted by molar-refractivity contribution is -0.142. The normalized spacial score (nSPS) is 20.7. The van der Waals surface area contributed by atoms with Crippen LogP contribution in [0.5, 0.6) is 5.75 Å². The zero-order chi connectivity index (χ0) is 20.8. The van der Waals surface area contributed by atoms with E-state index in [1.54, 1.807) is 35.1 Å². The lowest BCUT2D eigenvalue weighted by Gasteiger charge is -2.34. The van der Waals surface area contributed by atoms with E-state index in [0.717, 1.165) is 11.3 Å². The topological polar surface area (TPSA) is 49.9 Å². The van der Waals surface area contributed by atoms with Crippen LogP contribution >= 0.6 is 11.8 Å². The second-order valence-electron chi connectivity index (χ2n) is 7.54. The van der Waals surface area contributed by atoms with Gasteiger partial charge in [0.1, 0.15) is 11.6 Å². The predicted octanol–water partition coefficient (Wildman–Crippen LogP) is 3.77. The number of carbonyl (C=O) groups excluding carboxylic acids is 2. The highest BCUT2D eigenvalue weighted by Crippen LogP contribution is 2.55. The van der Waals surface area contributed by atoms with Crippen LogP contribution in [0, 0.1) is 11.7 Å². The van der Waals surface area contributed by atoms with Crippen LogP contribution in [0.3, 0.4) is 0 Å². The maximum Gasteiger partial charge on any atom is 0.268 e. The van der Waals surface area contributed by atoms with Crippen molar-refractivity contribution in [2.24, 2.45) is 5.92 Å². The van der Waals surface area contributed by atoms with E-state index in [1.807, 2.05) is 26.0 Å². The predicted molar refractivity (Wildman–Crippen MR) is 111 cm³/mol. The van der Waals surface area contributed by atoms with Gasteiger partial charge in [0.25, 0.3) is 5.91 Å². The van der Waals surface area contributed by atoms with Crippen molar-refractivity contribution < 1.29 is 18.7 Å². The first-order chi connectivity index (χ1) is 13.9. The van der Waals surface area contributed by atoms with Crippen molar-refractivity contribution in [3.8, 4) is 5.75 Å². The van der Waals surface area contributed by atoms with Crippen molar-refractivity contribution in [1.82, 2.24) is 4.90 Å². The number of anilines is 1. The van der Waals surface area contributed by atoms with E-state index in [9.17, 15) is 14.0 Å². The first-order valence-electron chi connectivity index (χ1n) is 9.59. The fourth-order valence-corrected chi connectivity index (χ4v) is 5.49. The standard InChI is InChI=1S/C22H23FN2O3S/c1-14(2)20(26)25-9-10-29-22(25)18-12-17(28-3)7-8-19(18)24(21(22)27)13-15-5-4-6-16(23)11-15/h4-8,11-12,14H,9-10,13H2,1-3H3. The molecule has 2 amide bonds. The molecule has 2 aliphatic rings. The highest BCUT2D eigenvalue weighted by atomic mass is 32.2. The van der Waals surface area contributed by atoms with Gasteiger partial charge in [-0.15, -0.1) is 11.8 Å². The van der Waals surface area contributed by atoms with Crippen LogP contribution in [0.15, 0.2) is 42.5 Å². The Morgan fingerprint density at radius 3 is 2.76 bits per heavy atom. The van der Waals surface area contributed by atoms with Gasteiger partial charge >= 0.3 is 0 Å². The molecule has 0 N–H and O–H groups in total. The summed E-state index contributed by atoms with van der Waals surface area (Å²) in [6.45, 7) is 4.44. The second-order valence-corrected chi connectivity index (χ2v) is 8.83. The molecule has 0 aromatic heterocycles. The van der Waals surface area contributed by atoms with Gasteiger partial charge in [0, 0.05) is 23.8 Å². The SMILES string of the molecule is COc1ccc2c(c1)C1(SCCN1C(=O)C(C)C)C(=O)N2Cc1cccc(F)c1. The number of benzene rings is 2. The van der Waals surface area contributed by atoms with E-state index in [1.165, 1.54) is 23.9 Å². The van der Waals surface area contributed by atoms with Gasteiger partial charge in [0.2, 0.25) is 5.91 Å². The number of hydrogen-bond acceptors (Lipinski definition) is 4. The molecule has 2 aliphatic heterocycles. The van der Waals surface area contributed by atoms with Gasteiger partial charge in [0.05, 0.1) is 19.3 Å². The third kappa shape index (κ3) is 3.08. The zero-order valence-electron chi connectivity index (χ0n) is 16.6. The lowest BCUT2D eigenvalue weighted by Crippen LogP contribution is -2.51. The van der Waals surface area contributed by atoms with Crippen LogP contribution in [-0.4, -0.2) is 36.1 Å². The zero-order valence-corrected chi connectivity index (χ0v) is 17.5. The molecule has 7 heteroatoms. The maximum absolute atomic E-state index is 13.8. The van der Waals surface area contributed by atoms with Crippen LogP contribution in [0.4, 0.5) is 10.1 Å². The van der Waals surface area contributed by atoms with E-state index in [2.05, 4.69) is 0 Å². The monoisotopic (exact) mass is 414 g/mol. The Labute approximate surface area is 173 Å². The summed E-state index contributed by atoms with van der Waals surface area (Å²) in [6, 6.07) is 11.7. The number of ether oxygens (including phenoxy) is 1. The van der Waals surface area contributed by atoms with Gasteiger partial charge in [-0.25, -0.2) is 4.39 Å². The molecule has 2 heterocycles. The summed E-state index contributed by atoms with van der Waals surface area (Å²) >= 11 is 1.48. The second kappa shape index (κ2) is 7.37. The first-order valence-corrected chi connectivity index (χ1v) is 10.6. The number of hydrogen-bond donors (Lipinski definition) is 0. The quantitative estimate of drug-likeness (QED) is 0.764. The molecule has 0 bridgehead atoms. The van der Waals surface area contributed by atoms with Gasteiger partial charge < -0.3 is 14.5 Å². The number of rotatable bonds is 4. The third-order valence-electron chi connectivity index (χ3n) is 5.39. The van der Waals surface area contributed by atoms with E-state index in [4.69, 9.17) is 4.74 Å². The molecule has 1 spiro atoms. The Balaban J connectivity index is 1.83. The van der Waals surface area contributed by atoms with Crippen molar-refractivity contribution in [3.63, 3.8) is 0 Å². The van der Waals surface area contributed by atoms with E-state index >= 15 is 0 Å². The van der Waals surface area contributed by atoms with Gasteiger partial charge in [0.15, 0.2) is 4.87 Å². The molecule has 1 fully saturated rings. The molecule has 2 aromatic carbocycles. The van der Waals surface area contributed by atoms with E-state index in [0.29, 0.717) is 23.6 Å². The summed E-state index contributed by atoms with van der Waals surface area (Å²) in [4.78, 5) is 29.0. The number of fused-ring (bicyclic) bond motifs is 2. The van der Waals surface area contributed by atoms with Gasteiger partial charge in [-0.05, 0) is 35.9 Å². The molecular formula is C22H23FN2O3S. The minimum Gasteiger partial charge on any atom is -0.497 e. The molecule has 152 valence electrons. The molecule has 0 saturated carbocycles. The van der Waals surface area contributed by atoms with Crippen molar-refractivity contribution in [3.05, 3.63) is 59.4 Å². The molecule has 2 aromatic rings. The number of thioether (sulfide) groups is 1. The van der Waals surface area contributed by atoms with Crippen LogP contribution in [0.1, 0.15) is 25.0 Å². The van der Waals surface area contributed by atoms with E-state index in [-0.39, 0.29) is 30.1 Å². The van der Waals surface area contributed by atoms with Crippen molar-refractivity contribution in [1.29, 1.82) is 0 Å².